The SMILES string of the molecule is CCC(N)C(OCCOC(C)C)c1cnn(C)c1. The van der Waals surface area contributed by atoms with E-state index in [0.717, 1.165) is 12.0 Å². The zero-order chi connectivity index (χ0) is 13.5. The van der Waals surface area contributed by atoms with Gasteiger partial charge in [-0.25, -0.2) is 0 Å². The zero-order valence-corrected chi connectivity index (χ0v) is 11.8. The zero-order valence-electron chi connectivity index (χ0n) is 11.8. The molecule has 0 aliphatic rings. The normalized spacial score (nSPS) is 15.0. The van der Waals surface area contributed by atoms with Gasteiger partial charge in [-0.3, -0.25) is 4.68 Å². The van der Waals surface area contributed by atoms with Gasteiger partial charge in [-0.15, -0.1) is 0 Å². The van der Waals surface area contributed by atoms with Crippen molar-refractivity contribution in [2.24, 2.45) is 12.8 Å². The molecule has 5 nitrogen and oxygen atoms in total. The third-order valence-corrected chi connectivity index (χ3v) is 2.75. The van der Waals surface area contributed by atoms with E-state index in [-0.39, 0.29) is 18.2 Å². The molecule has 0 saturated carbocycles. The maximum atomic E-state index is 6.10. The number of nitrogens with two attached hydrogens (primary N) is 1. The van der Waals surface area contributed by atoms with Crippen molar-refractivity contribution in [1.29, 1.82) is 0 Å². The van der Waals surface area contributed by atoms with Crippen LogP contribution < -0.4 is 5.73 Å². The Morgan fingerprint density at radius 3 is 2.50 bits per heavy atom. The number of aromatic nitrogens is 2. The van der Waals surface area contributed by atoms with Crippen LogP contribution in [0.2, 0.25) is 0 Å². The minimum atomic E-state index is -0.112. The number of aryl methyl sites for hydroxylation is 1. The van der Waals surface area contributed by atoms with Gasteiger partial charge in [0.05, 0.1) is 25.5 Å². The molecule has 0 bridgehead atoms. The van der Waals surface area contributed by atoms with Gasteiger partial charge >= 0.3 is 0 Å². The van der Waals surface area contributed by atoms with E-state index in [4.69, 9.17) is 15.2 Å². The Bertz CT molecular complexity index is 339. The van der Waals surface area contributed by atoms with Gasteiger partial charge in [-0.2, -0.15) is 5.10 Å². The fourth-order valence-corrected chi connectivity index (χ4v) is 1.73. The second-order valence-electron chi connectivity index (χ2n) is 4.73. The summed E-state index contributed by atoms with van der Waals surface area (Å²) in [6, 6.07) is -0.0201. The summed E-state index contributed by atoms with van der Waals surface area (Å²) in [5, 5.41) is 4.16. The molecular formula is C13H25N3O2. The van der Waals surface area contributed by atoms with Crippen molar-refractivity contribution in [2.75, 3.05) is 13.2 Å². The predicted molar refractivity (Wildman–Crippen MR) is 71.3 cm³/mol. The highest BCUT2D eigenvalue weighted by Crippen LogP contribution is 2.21. The molecule has 0 saturated heterocycles. The van der Waals surface area contributed by atoms with E-state index in [9.17, 15) is 0 Å². The van der Waals surface area contributed by atoms with Gasteiger partial charge in [0.25, 0.3) is 0 Å². The van der Waals surface area contributed by atoms with E-state index in [1.165, 1.54) is 0 Å². The lowest BCUT2D eigenvalue weighted by molar-refractivity contribution is -0.0224. The van der Waals surface area contributed by atoms with Crippen LogP contribution in [0.4, 0.5) is 0 Å². The van der Waals surface area contributed by atoms with Crippen LogP contribution in [0.5, 0.6) is 0 Å². The van der Waals surface area contributed by atoms with Crippen molar-refractivity contribution in [2.45, 2.75) is 45.4 Å². The molecule has 2 atom stereocenters. The molecule has 0 aliphatic carbocycles. The summed E-state index contributed by atoms with van der Waals surface area (Å²) < 4.78 is 13.1. The lowest BCUT2D eigenvalue weighted by Gasteiger charge is -2.22. The molecule has 1 aromatic heterocycles. The third kappa shape index (κ3) is 4.76. The van der Waals surface area contributed by atoms with E-state index in [0.29, 0.717) is 13.2 Å². The molecule has 0 spiro atoms. The van der Waals surface area contributed by atoms with Crippen LogP contribution in [0.3, 0.4) is 0 Å². The van der Waals surface area contributed by atoms with Crippen LogP contribution in [-0.2, 0) is 16.5 Å². The topological polar surface area (TPSA) is 62.3 Å². The van der Waals surface area contributed by atoms with Gasteiger partial charge in [0, 0.05) is 24.8 Å². The Morgan fingerprint density at radius 1 is 1.33 bits per heavy atom. The molecule has 0 aliphatic heterocycles. The summed E-state index contributed by atoms with van der Waals surface area (Å²) in [7, 11) is 1.89. The molecule has 1 rings (SSSR count). The number of hydrogen-bond acceptors (Lipinski definition) is 4. The van der Waals surface area contributed by atoms with Gasteiger partial charge in [0.2, 0.25) is 0 Å². The van der Waals surface area contributed by atoms with Gasteiger partial charge in [0.15, 0.2) is 0 Å². The Labute approximate surface area is 109 Å². The van der Waals surface area contributed by atoms with Crippen molar-refractivity contribution >= 4 is 0 Å². The average Bonchev–Trinajstić information content (AvgIpc) is 2.74. The number of nitrogens with zero attached hydrogens (tertiary/aromatic N) is 2. The molecular weight excluding hydrogens is 230 g/mol. The lowest BCUT2D eigenvalue weighted by Crippen LogP contribution is -2.30. The van der Waals surface area contributed by atoms with Crippen LogP contribution >= 0.6 is 0 Å². The average molecular weight is 255 g/mol. The first-order chi connectivity index (χ1) is 8.54. The van der Waals surface area contributed by atoms with Crippen molar-refractivity contribution in [3.63, 3.8) is 0 Å². The molecule has 1 heterocycles. The van der Waals surface area contributed by atoms with E-state index >= 15 is 0 Å². The second-order valence-corrected chi connectivity index (χ2v) is 4.73. The van der Waals surface area contributed by atoms with Crippen molar-refractivity contribution in [3.8, 4) is 0 Å². The van der Waals surface area contributed by atoms with E-state index in [2.05, 4.69) is 12.0 Å². The molecule has 0 fully saturated rings. The molecule has 5 heteroatoms. The maximum Gasteiger partial charge on any atom is 0.101 e. The standard InChI is InChI=1S/C13H25N3O2/c1-5-12(14)13(11-8-15-16(4)9-11)18-7-6-17-10(2)3/h8-10,12-13H,5-7,14H2,1-4H3. The molecule has 0 amide bonds. The predicted octanol–water partition coefficient (Wildman–Crippen LogP) is 1.64. The fourth-order valence-electron chi connectivity index (χ4n) is 1.73. The molecule has 18 heavy (non-hydrogen) atoms. The summed E-state index contributed by atoms with van der Waals surface area (Å²) in [5.41, 5.74) is 7.12. The maximum absolute atomic E-state index is 6.10. The van der Waals surface area contributed by atoms with Crippen molar-refractivity contribution in [3.05, 3.63) is 18.0 Å². The number of rotatable bonds is 8. The first kappa shape index (κ1) is 15.1. The largest absolute Gasteiger partial charge is 0.376 e. The molecule has 2 N–H and O–H groups in total. The minimum Gasteiger partial charge on any atom is -0.376 e. The van der Waals surface area contributed by atoms with E-state index < -0.39 is 0 Å². The van der Waals surface area contributed by atoms with Crippen LogP contribution in [0.15, 0.2) is 12.4 Å². The summed E-state index contributed by atoms with van der Waals surface area (Å²) >= 11 is 0. The highest BCUT2D eigenvalue weighted by atomic mass is 16.5. The van der Waals surface area contributed by atoms with Crippen LogP contribution in [0.25, 0.3) is 0 Å². The van der Waals surface area contributed by atoms with Crippen LogP contribution in [0.1, 0.15) is 38.9 Å². The van der Waals surface area contributed by atoms with Gasteiger partial charge in [0.1, 0.15) is 6.10 Å². The Balaban J connectivity index is 2.51. The van der Waals surface area contributed by atoms with Crippen LogP contribution in [0, 0.1) is 0 Å². The Kier molecular flexibility index (Phi) is 6.32. The van der Waals surface area contributed by atoms with Crippen molar-refractivity contribution < 1.29 is 9.47 Å². The van der Waals surface area contributed by atoms with Crippen LogP contribution in [-0.4, -0.2) is 35.1 Å². The van der Waals surface area contributed by atoms with Gasteiger partial charge in [-0.05, 0) is 20.3 Å². The first-order valence-electron chi connectivity index (χ1n) is 6.52. The summed E-state index contributed by atoms with van der Waals surface area (Å²) in [5.74, 6) is 0. The molecule has 104 valence electrons. The van der Waals surface area contributed by atoms with E-state index in [1.54, 1.807) is 4.68 Å². The summed E-state index contributed by atoms with van der Waals surface area (Å²) in [6.45, 7) is 7.21. The summed E-state index contributed by atoms with van der Waals surface area (Å²) in [6.07, 6.45) is 4.74. The minimum absolute atomic E-state index is 0.0201. The fraction of sp³-hybridized carbons (Fsp3) is 0.769. The smallest absolute Gasteiger partial charge is 0.101 e. The van der Waals surface area contributed by atoms with Gasteiger partial charge in [-0.1, -0.05) is 6.92 Å². The Hall–Kier alpha value is -0.910. The number of ether oxygens (including phenoxy) is 2. The first-order valence-corrected chi connectivity index (χ1v) is 6.52. The van der Waals surface area contributed by atoms with E-state index in [1.807, 2.05) is 33.3 Å². The molecule has 1 aromatic rings. The quantitative estimate of drug-likeness (QED) is 0.717. The highest BCUT2D eigenvalue weighted by molar-refractivity contribution is 5.10. The Morgan fingerprint density at radius 2 is 2.00 bits per heavy atom. The third-order valence-electron chi connectivity index (χ3n) is 2.75. The highest BCUT2D eigenvalue weighted by Gasteiger charge is 2.20. The lowest BCUT2D eigenvalue weighted by atomic mass is 10.0. The number of hydrogen-bond donors (Lipinski definition) is 1. The molecule has 0 aromatic carbocycles. The molecule has 2 unspecified atom stereocenters. The molecule has 0 radical (unpaired) electrons. The summed E-state index contributed by atoms with van der Waals surface area (Å²) in [4.78, 5) is 0. The second kappa shape index (κ2) is 7.51. The van der Waals surface area contributed by atoms with Gasteiger partial charge < -0.3 is 15.2 Å². The van der Waals surface area contributed by atoms with Crippen molar-refractivity contribution in [1.82, 2.24) is 9.78 Å². The monoisotopic (exact) mass is 255 g/mol.